The van der Waals surface area contributed by atoms with Crippen molar-refractivity contribution in [1.82, 2.24) is 5.32 Å². The molecule has 0 bridgehead atoms. The van der Waals surface area contributed by atoms with Crippen LogP contribution in [-0.2, 0) is 4.79 Å². The number of rotatable bonds is 5. The zero-order valence-corrected chi connectivity index (χ0v) is 8.64. The smallest absolute Gasteiger partial charge is 0.219 e. The highest BCUT2D eigenvalue weighted by Gasteiger charge is 2.14. The minimum Gasteiger partial charge on any atom is -0.356 e. The first kappa shape index (κ1) is 10.6. The summed E-state index contributed by atoms with van der Waals surface area (Å²) in [5.74, 6) is 1.15. The summed E-state index contributed by atoms with van der Waals surface area (Å²) in [6, 6.07) is 0. The van der Waals surface area contributed by atoms with Gasteiger partial charge in [-0.1, -0.05) is 25.7 Å². The van der Waals surface area contributed by atoms with Gasteiger partial charge < -0.3 is 5.32 Å². The van der Waals surface area contributed by atoms with E-state index in [1.807, 2.05) is 6.92 Å². The fraction of sp³-hybridized carbons (Fsp3) is 0.909. The number of carbonyl (C=O) groups excluding carboxylic acids is 1. The zero-order chi connectivity index (χ0) is 9.52. The maximum atomic E-state index is 11.1. The van der Waals surface area contributed by atoms with Crippen LogP contribution in [0.3, 0.4) is 0 Å². The molecular formula is C11H21NO. The third-order valence-corrected chi connectivity index (χ3v) is 2.86. The van der Waals surface area contributed by atoms with Crippen LogP contribution in [0.25, 0.3) is 0 Å². The Morgan fingerprint density at radius 1 is 1.38 bits per heavy atom. The van der Waals surface area contributed by atoms with Crippen LogP contribution >= 0.6 is 0 Å². The summed E-state index contributed by atoms with van der Waals surface area (Å²) < 4.78 is 0. The van der Waals surface area contributed by atoms with Gasteiger partial charge in [0.15, 0.2) is 0 Å². The van der Waals surface area contributed by atoms with Gasteiger partial charge in [0.2, 0.25) is 5.91 Å². The van der Waals surface area contributed by atoms with Crippen LogP contribution in [0.2, 0.25) is 0 Å². The van der Waals surface area contributed by atoms with E-state index < -0.39 is 0 Å². The molecule has 1 rings (SSSR count). The van der Waals surface area contributed by atoms with Crippen molar-refractivity contribution in [3.63, 3.8) is 0 Å². The third kappa shape index (κ3) is 4.30. The average molecular weight is 183 g/mol. The molecule has 1 amide bonds. The predicted molar refractivity (Wildman–Crippen MR) is 54.5 cm³/mol. The van der Waals surface area contributed by atoms with Gasteiger partial charge in [-0.15, -0.1) is 0 Å². The van der Waals surface area contributed by atoms with Crippen LogP contribution in [0.1, 0.15) is 51.9 Å². The van der Waals surface area contributed by atoms with E-state index in [2.05, 4.69) is 5.32 Å². The monoisotopic (exact) mass is 183 g/mol. The second-order valence-corrected chi connectivity index (χ2v) is 4.00. The van der Waals surface area contributed by atoms with Gasteiger partial charge in [0.1, 0.15) is 0 Å². The molecule has 1 aliphatic carbocycles. The largest absolute Gasteiger partial charge is 0.356 e. The normalized spacial score (nSPS) is 17.6. The Hall–Kier alpha value is -0.530. The molecule has 13 heavy (non-hydrogen) atoms. The van der Waals surface area contributed by atoms with E-state index in [0.717, 1.165) is 25.3 Å². The van der Waals surface area contributed by atoms with Crippen molar-refractivity contribution < 1.29 is 4.79 Å². The molecule has 0 spiro atoms. The van der Waals surface area contributed by atoms with Gasteiger partial charge in [-0.05, 0) is 25.7 Å². The minimum absolute atomic E-state index is 0.223. The molecule has 0 unspecified atom stereocenters. The highest BCUT2D eigenvalue weighted by atomic mass is 16.1. The standard InChI is InChI=1S/C11H21NO/c1-2-12-11(13)9-5-8-10-6-3-4-7-10/h10H,2-9H2,1H3,(H,12,13). The van der Waals surface area contributed by atoms with E-state index in [1.165, 1.54) is 32.1 Å². The fourth-order valence-corrected chi connectivity index (χ4v) is 2.14. The Bertz CT molecular complexity index is 150. The van der Waals surface area contributed by atoms with Crippen LogP contribution in [-0.4, -0.2) is 12.5 Å². The first-order valence-corrected chi connectivity index (χ1v) is 5.59. The van der Waals surface area contributed by atoms with Gasteiger partial charge in [0.25, 0.3) is 0 Å². The molecular weight excluding hydrogens is 162 g/mol. The summed E-state index contributed by atoms with van der Waals surface area (Å²) in [5, 5.41) is 2.83. The second kappa shape index (κ2) is 6.01. The average Bonchev–Trinajstić information content (AvgIpc) is 2.57. The summed E-state index contributed by atoms with van der Waals surface area (Å²) in [6.45, 7) is 2.73. The van der Waals surface area contributed by atoms with Crippen LogP contribution in [0.15, 0.2) is 0 Å². The van der Waals surface area contributed by atoms with Gasteiger partial charge in [0.05, 0.1) is 0 Å². The lowest BCUT2D eigenvalue weighted by atomic mass is 10.0. The molecule has 0 saturated heterocycles. The molecule has 0 atom stereocenters. The third-order valence-electron chi connectivity index (χ3n) is 2.86. The zero-order valence-electron chi connectivity index (χ0n) is 8.64. The van der Waals surface area contributed by atoms with E-state index in [1.54, 1.807) is 0 Å². The first-order chi connectivity index (χ1) is 6.33. The molecule has 1 saturated carbocycles. The molecule has 0 aromatic heterocycles. The molecule has 0 aromatic rings. The lowest BCUT2D eigenvalue weighted by Gasteiger charge is -2.07. The topological polar surface area (TPSA) is 29.1 Å². The van der Waals surface area contributed by atoms with Crippen LogP contribution in [0, 0.1) is 5.92 Å². The molecule has 0 heterocycles. The fourth-order valence-electron chi connectivity index (χ4n) is 2.14. The van der Waals surface area contributed by atoms with E-state index in [-0.39, 0.29) is 5.91 Å². The van der Waals surface area contributed by atoms with Crippen molar-refractivity contribution in [1.29, 1.82) is 0 Å². The van der Waals surface area contributed by atoms with Crippen molar-refractivity contribution in [2.24, 2.45) is 5.92 Å². The van der Waals surface area contributed by atoms with Crippen molar-refractivity contribution in [2.45, 2.75) is 51.9 Å². The highest BCUT2D eigenvalue weighted by molar-refractivity contribution is 5.75. The van der Waals surface area contributed by atoms with Gasteiger partial charge in [-0.25, -0.2) is 0 Å². The molecule has 1 aliphatic rings. The summed E-state index contributed by atoms with van der Waals surface area (Å²) in [6.07, 6.45) is 8.68. The molecule has 1 fully saturated rings. The molecule has 0 aromatic carbocycles. The Morgan fingerprint density at radius 2 is 2.08 bits per heavy atom. The maximum absolute atomic E-state index is 11.1. The SMILES string of the molecule is CCNC(=O)CCCC1CCCC1. The van der Waals surface area contributed by atoms with Crippen molar-refractivity contribution in [3.8, 4) is 0 Å². The Labute approximate surface area is 81.1 Å². The van der Waals surface area contributed by atoms with Crippen molar-refractivity contribution in [3.05, 3.63) is 0 Å². The number of hydrogen-bond acceptors (Lipinski definition) is 1. The summed E-state index contributed by atoms with van der Waals surface area (Å²) in [4.78, 5) is 11.1. The Kier molecular flexibility index (Phi) is 4.87. The lowest BCUT2D eigenvalue weighted by Crippen LogP contribution is -2.22. The minimum atomic E-state index is 0.223. The van der Waals surface area contributed by atoms with Gasteiger partial charge in [0, 0.05) is 13.0 Å². The van der Waals surface area contributed by atoms with Crippen molar-refractivity contribution >= 4 is 5.91 Å². The summed E-state index contributed by atoms with van der Waals surface area (Å²) >= 11 is 0. The van der Waals surface area contributed by atoms with Crippen LogP contribution in [0.4, 0.5) is 0 Å². The van der Waals surface area contributed by atoms with Crippen molar-refractivity contribution in [2.75, 3.05) is 6.54 Å². The number of hydrogen-bond donors (Lipinski definition) is 1. The molecule has 76 valence electrons. The van der Waals surface area contributed by atoms with Crippen LogP contribution in [0.5, 0.6) is 0 Å². The second-order valence-electron chi connectivity index (χ2n) is 4.00. The van der Waals surface area contributed by atoms with Crippen LogP contribution < -0.4 is 5.32 Å². The predicted octanol–water partition coefficient (Wildman–Crippen LogP) is 2.48. The lowest BCUT2D eigenvalue weighted by molar-refractivity contribution is -0.121. The quantitative estimate of drug-likeness (QED) is 0.697. The van der Waals surface area contributed by atoms with E-state index >= 15 is 0 Å². The van der Waals surface area contributed by atoms with E-state index in [4.69, 9.17) is 0 Å². The number of carbonyl (C=O) groups is 1. The van der Waals surface area contributed by atoms with Gasteiger partial charge >= 0.3 is 0 Å². The summed E-state index contributed by atoms with van der Waals surface area (Å²) in [7, 11) is 0. The maximum Gasteiger partial charge on any atom is 0.219 e. The van der Waals surface area contributed by atoms with Gasteiger partial charge in [-0.2, -0.15) is 0 Å². The van der Waals surface area contributed by atoms with Gasteiger partial charge in [-0.3, -0.25) is 4.79 Å². The highest BCUT2D eigenvalue weighted by Crippen LogP contribution is 2.28. The first-order valence-electron chi connectivity index (χ1n) is 5.59. The summed E-state index contributed by atoms with van der Waals surface area (Å²) in [5.41, 5.74) is 0. The molecule has 0 aliphatic heterocycles. The molecule has 2 heteroatoms. The molecule has 0 radical (unpaired) electrons. The Balaban J connectivity index is 1.96. The number of amides is 1. The Morgan fingerprint density at radius 3 is 2.69 bits per heavy atom. The molecule has 2 nitrogen and oxygen atoms in total. The van der Waals surface area contributed by atoms with E-state index in [9.17, 15) is 4.79 Å². The van der Waals surface area contributed by atoms with E-state index in [0.29, 0.717) is 0 Å². The molecule has 1 N–H and O–H groups in total. The number of nitrogens with one attached hydrogen (secondary N) is 1.